The van der Waals surface area contributed by atoms with E-state index in [-0.39, 0.29) is 0 Å². The summed E-state index contributed by atoms with van der Waals surface area (Å²) in [6.45, 7) is 4.45. The Bertz CT molecular complexity index is 329. The van der Waals surface area contributed by atoms with E-state index < -0.39 is 0 Å². The molecule has 2 nitrogen and oxygen atoms in total. The summed E-state index contributed by atoms with van der Waals surface area (Å²) in [6.07, 6.45) is 2.30. The molecule has 0 aromatic heterocycles. The molecular weight excluding hydrogens is 186 g/mol. The van der Waals surface area contributed by atoms with E-state index in [1.165, 1.54) is 17.5 Å². The van der Waals surface area contributed by atoms with Crippen LogP contribution in [0.5, 0.6) is 5.75 Å². The lowest BCUT2D eigenvalue weighted by Crippen LogP contribution is -2.08. The molecular formula is C13H19NO. The Balaban J connectivity index is 2.25. The Morgan fingerprint density at radius 1 is 1.47 bits per heavy atom. The third kappa shape index (κ3) is 2.15. The van der Waals surface area contributed by atoms with Crippen molar-refractivity contribution in [3.8, 4) is 5.75 Å². The van der Waals surface area contributed by atoms with Crippen molar-refractivity contribution in [3.05, 3.63) is 29.3 Å². The zero-order chi connectivity index (χ0) is 10.7. The molecule has 0 radical (unpaired) electrons. The molecule has 1 atom stereocenters. The molecule has 1 aliphatic rings. The van der Waals surface area contributed by atoms with Gasteiger partial charge < -0.3 is 10.1 Å². The van der Waals surface area contributed by atoms with Gasteiger partial charge in [-0.25, -0.2) is 0 Å². The van der Waals surface area contributed by atoms with Crippen molar-refractivity contribution in [1.82, 2.24) is 5.32 Å². The molecule has 15 heavy (non-hydrogen) atoms. The summed E-state index contributed by atoms with van der Waals surface area (Å²) in [7, 11) is 1.74. The second kappa shape index (κ2) is 4.67. The van der Waals surface area contributed by atoms with E-state index in [1.54, 1.807) is 7.11 Å². The molecule has 0 aliphatic carbocycles. The second-order valence-corrected chi connectivity index (χ2v) is 4.11. The molecule has 1 N–H and O–H groups in total. The van der Waals surface area contributed by atoms with Gasteiger partial charge >= 0.3 is 0 Å². The number of hydrogen-bond donors (Lipinski definition) is 1. The third-order valence-corrected chi connectivity index (χ3v) is 3.22. The molecule has 1 heterocycles. The van der Waals surface area contributed by atoms with Gasteiger partial charge in [0.1, 0.15) is 5.75 Å². The van der Waals surface area contributed by atoms with Crippen LogP contribution in [0.1, 0.15) is 30.4 Å². The van der Waals surface area contributed by atoms with Gasteiger partial charge in [-0.2, -0.15) is 0 Å². The normalized spacial score (nSPS) is 20.5. The topological polar surface area (TPSA) is 21.3 Å². The fourth-order valence-electron chi connectivity index (χ4n) is 2.27. The fraction of sp³-hybridized carbons (Fsp3) is 0.538. The molecule has 0 amide bonds. The lowest BCUT2D eigenvalue weighted by atomic mass is 9.95. The standard InChI is InChI=1S/C13H19NO/c1-3-10-8-11(4-5-13(10)15-2)12-6-7-14-9-12/h4-5,8,12,14H,3,6-7,9H2,1-2H3. The molecule has 2 rings (SSSR count). The van der Waals surface area contributed by atoms with Crippen molar-refractivity contribution in [3.63, 3.8) is 0 Å². The van der Waals surface area contributed by atoms with Gasteiger partial charge in [-0.3, -0.25) is 0 Å². The predicted molar refractivity (Wildman–Crippen MR) is 62.6 cm³/mol. The lowest BCUT2D eigenvalue weighted by Gasteiger charge is -2.13. The van der Waals surface area contributed by atoms with Gasteiger partial charge in [-0.05, 0) is 42.5 Å². The van der Waals surface area contributed by atoms with Gasteiger partial charge in [0, 0.05) is 6.54 Å². The van der Waals surface area contributed by atoms with E-state index in [4.69, 9.17) is 4.74 Å². The van der Waals surface area contributed by atoms with Crippen LogP contribution in [0, 0.1) is 0 Å². The van der Waals surface area contributed by atoms with Crippen LogP contribution in [0.15, 0.2) is 18.2 Å². The number of hydrogen-bond acceptors (Lipinski definition) is 2. The highest BCUT2D eigenvalue weighted by Gasteiger charge is 2.17. The number of methoxy groups -OCH3 is 1. The van der Waals surface area contributed by atoms with Gasteiger partial charge in [-0.1, -0.05) is 19.1 Å². The first-order chi connectivity index (χ1) is 7.35. The van der Waals surface area contributed by atoms with Gasteiger partial charge in [0.2, 0.25) is 0 Å². The van der Waals surface area contributed by atoms with Crippen molar-refractivity contribution in [2.75, 3.05) is 20.2 Å². The molecule has 1 aromatic carbocycles. The smallest absolute Gasteiger partial charge is 0.122 e. The summed E-state index contributed by atoms with van der Waals surface area (Å²) in [5.74, 6) is 1.72. The molecule has 0 spiro atoms. The summed E-state index contributed by atoms with van der Waals surface area (Å²) >= 11 is 0. The molecule has 1 unspecified atom stereocenters. The molecule has 1 aliphatic heterocycles. The van der Waals surface area contributed by atoms with Gasteiger partial charge in [0.15, 0.2) is 0 Å². The van der Waals surface area contributed by atoms with Crippen molar-refractivity contribution in [2.24, 2.45) is 0 Å². The van der Waals surface area contributed by atoms with Crippen LogP contribution in [0.4, 0.5) is 0 Å². The van der Waals surface area contributed by atoms with Crippen molar-refractivity contribution < 1.29 is 4.74 Å². The van der Waals surface area contributed by atoms with Gasteiger partial charge in [-0.15, -0.1) is 0 Å². The predicted octanol–water partition coefficient (Wildman–Crippen LogP) is 2.33. The second-order valence-electron chi connectivity index (χ2n) is 4.11. The number of nitrogens with one attached hydrogen (secondary N) is 1. The monoisotopic (exact) mass is 205 g/mol. The molecule has 2 heteroatoms. The highest BCUT2D eigenvalue weighted by Crippen LogP contribution is 2.27. The molecule has 82 valence electrons. The highest BCUT2D eigenvalue weighted by atomic mass is 16.5. The van der Waals surface area contributed by atoms with Crippen LogP contribution in [-0.2, 0) is 6.42 Å². The van der Waals surface area contributed by atoms with E-state index in [0.29, 0.717) is 5.92 Å². The van der Waals surface area contributed by atoms with Crippen LogP contribution in [0.25, 0.3) is 0 Å². The van der Waals surface area contributed by atoms with Crippen LogP contribution in [0.2, 0.25) is 0 Å². The number of rotatable bonds is 3. The summed E-state index contributed by atoms with van der Waals surface area (Å²) < 4.78 is 5.34. The Morgan fingerprint density at radius 2 is 2.33 bits per heavy atom. The third-order valence-electron chi connectivity index (χ3n) is 3.22. The average Bonchev–Trinajstić information content (AvgIpc) is 2.81. The first kappa shape index (κ1) is 10.5. The molecule has 1 saturated heterocycles. The van der Waals surface area contributed by atoms with E-state index >= 15 is 0 Å². The van der Waals surface area contributed by atoms with Crippen molar-refractivity contribution in [2.45, 2.75) is 25.7 Å². The Hall–Kier alpha value is -1.02. The highest BCUT2D eigenvalue weighted by molar-refractivity contribution is 5.39. The van der Waals surface area contributed by atoms with Crippen LogP contribution < -0.4 is 10.1 Å². The minimum absolute atomic E-state index is 0.696. The van der Waals surface area contributed by atoms with Crippen LogP contribution in [-0.4, -0.2) is 20.2 Å². The maximum Gasteiger partial charge on any atom is 0.122 e. The largest absolute Gasteiger partial charge is 0.496 e. The minimum Gasteiger partial charge on any atom is -0.496 e. The Morgan fingerprint density at radius 3 is 2.93 bits per heavy atom. The van der Waals surface area contributed by atoms with Gasteiger partial charge in [0.05, 0.1) is 7.11 Å². The molecule has 0 bridgehead atoms. The first-order valence-corrected chi connectivity index (χ1v) is 5.72. The number of ether oxygens (including phenoxy) is 1. The van der Waals surface area contributed by atoms with E-state index in [2.05, 4.69) is 30.4 Å². The zero-order valence-corrected chi connectivity index (χ0v) is 9.55. The number of benzene rings is 1. The van der Waals surface area contributed by atoms with E-state index in [1.807, 2.05) is 0 Å². The first-order valence-electron chi connectivity index (χ1n) is 5.72. The van der Waals surface area contributed by atoms with Crippen molar-refractivity contribution >= 4 is 0 Å². The van der Waals surface area contributed by atoms with Crippen molar-refractivity contribution in [1.29, 1.82) is 0 Å². The molecule has 1 aromatic rings. The SMILES string of the molecule is CCc1cc(C2CCNC2)ccc1OC. The summed E-state index contributed by atoms with van der Waals surface area (Å²) in [5.41, 5.74) is 2.78. The van der Waals surface area contributed by atoms with Gasteiger partial charge in [0.25, 0.3) is 0 Å². The lowest BCUT2D eigenvalue weighted by molar-refractivity contribution is 0.410. The summed E-state index contributed by atoms with van der Waals surface area (Å²) in [6, 6.07) is 6.61. The molecule has 0 saturated carbocycles. The zero-order valence-electron chi connectivity index (χ0n) is 9.55. The maximum atomic E-state index is 5.34. The summed E-state index contributed by atoms with van der Waals surface area (Å²) in [4.78, 5) is 0. The average molecular weight is 205 g/mol. The van der Waals surface area contributed by atoms with Crippen LogP contribution in [0.3, 0.4) is 0 Å². The fourth-order valence-corrected chi connectivity index (χ4v) is 2.27. The Kier molecular flexibility index (Phi) is 3.27. The summed E-state index contributed by atoms with van der Waals surface area (Å²) in [5, 5.41) is 3.41. The Labute approximate surface area is 91.6 Å². The minimum atomic E-state index is 0.696. The molecule has 1 fully saturated rings. The van der Waals surface area contributed by atoms with E-state index in [9.17, 15) is 0 Å². The maximum absolute atomic E-state index is 5.34. The van der Waals surface area contributed by atoms with Crippen LogP contribution >= 0.6 is 0 Å². The quantitative estimate of drug-likeness (QED) is 0.817. The number of aryl methyl sites for hydroxylation is 1. The van der Waals surface area contributed by atoms with E-state index in [0.717, 1.165) is 25.3 Å².